The van der Waals surface area contributed by atoms with E-state index in [0.717, 1.165) is 5.56 Å². The summed E-state index contributed by atoms with van der Waals surface area (Å²) in [5.41, 5.74) is 1.11. The minimum Gasteiger partial charge on any atom is -0.478 e. The number of carboxylic acids is 1. The molecule has 0 aliphatic heterocycles. The number of halogens is 2. The van der Waals surface area contributed by atoms with E-state index < -0.39 is 5.97 Å². The number of nitrogens with zero attached hydrogens (tertiary/aromatic N) is 1. The maximum absolute atomic E-state index is 10.7. The van der Waals surface area contributed by atoms with Crippen molar-refractivity contribution in [1.29, 1.82) is 0 Å². The highest BCUT2D eigenvalue weighted by molar-refractivity contribution is 6.42. The van der Waals surface area contributed by atoms with E-state index in [2.05, 4.69) is 0 Å². The topological polar surface area (TPSA) is 42.2 Å². The Morgan fingerprint density at radius 2 is 2.06 bits per heavy atom. The summed E-state index contributed by atoms with van der Waals surface area (Å²) in [6.45, 7) is 0.493. The second-order valence-electron chi connectivity index (χ2n) is 3.59. The molecule has 0 bridgehead atoms. The molecule has 0 spiro atoms. The van der Waals surface area contributed by atoms with Gasteiger partial charge in [-0.2, -0.15) is 0 Å². The largest absolute Gasteiger partial charge is 0.478 e. The zero-order valence-corrected chi connectivity index (χ0v) is 10.2. The Balaban J connectivity index is 2.25. The van der Waals surface area contributed by atoms with Crippen LogP contribution in [0, 0.1) is 0 Å². The zero-order valence-electron chi connectivity index (χ0n) is 8.73. The second-order valence-corrected chi connectivity index (χ2v) is 4.38. The van der Waals surface area contributed by atoms with Crippen molar-refractivity contribution in [3.8, 4) is 0 Å². The molecule has 2 rings (SSSR count). The summed E-state index contributed by atoms with van der Waals surface area (Å²) < 4.78 is 1.75. The van der Waals surface area contributed by atoms with Crippen molar-refractivity contribution in [3.63, 3.8) is 0 Å². The van der Waals surface area contributed by atoms with Gasteiger partial charge in [0, 0.05) is 18.9 Å². The van der Waals surface area contributed by atoms with Crippen molar-refractivity contribution < 1.29 is 9.90 Å². The first-order valence-corrected chi connectivity index (χ1v) is 5.65. The molecule has 0 aliphatic rings. The van der Waals surface area contributed by atoms with Crippen LogP contribution in [0.5, 0.6) is 0 Å². The predicted molar refractivity (Wildman–Crippen MR) is 67.0 cm³/mol. The molecule has 1 N–H and O–H groups in total. The molecule has 5 heteroatoms. The molecule has 0 aliphatic carbocycles. The summed E-state index contributed by atoms with van der Waals surface area (Å²) in [6.07, 6.45) is 3.25. The maximum atomic E-state index is 10.7. The van der Waals surface area contributed by atoms with Gasteiger partial charge in [0.05, 0.1) is 15.6 Å². The van der Waals surface area contributed by atoms with Gasteiger partial charge in [0.25, 0.3) is 0 Å². The van der Waals surface area contributed by atoms with E-state index in [9.17, 15) is 4.79 Å². The van der Waals surface area contributed by atoms with Gasteiger partial charge in [-0.15, -0.1) is 0 Å². The van der Waals surface area contributed by atoms with Gasteiger partial charge in [-0.05, 0) is 17.7 Å². The van der Waals surface area contributed by atoms with Crippen molar-refractivity contribution >= 4 is 29.2 Å². The zero-order chi connectivity index (χ0) is 12.4. The molecule has 88 valence electrons. The van der Waals surface area contributed by atoms with E-state index in [0.29, 0.717) is 16.6 Å². The third-order valence-corrected chi connectivity index (χ3v) is 3.24. The van der Waals surface area contributed by atoms with Crippen LogP contribution in [0.1, 0.15) is 15.9 Å². The summed E-state index contributed by atoms with van der Waals surface area (Å²) in [4.78, 5) is 10.7. The number of hydrogen-bond acceptors (Lipinski definition) is 1. The van der Waals surface area contributed by atoms with E-state index >= 15 is 0 Å². The molecule has 1 heterocycles. The molecule has 0 unspecified atom stereocenters. The Morgan fingerprint density at radius 1 is 1.29 bits per heavy atom. The third-order valence-electron chi connectivity index (χ3n) is 2.38. The third kappa shape index (κ3) is 2.62. The van der Waals surface area contributed by atoms with Gasteiger partial charge >= 0.3 is 5.97 Å². The van der Waals surface area contributed by atoms with Crippen molar-refractivity contribution in [1.82, 2.24) is 4.57 Å². The Labute approximate surface area is 108 Å². The number of aromatic nitrogens is 1. The number of carbonyl (C=O) groups is 1. The smallest absolute Gasteiger partial charge is 0.337 e. The van der Waals surface area contributed by atoms with Crippen LogP contribution in [-0.2, 0) is 6.54 Å². The highest BCUT2D eigenvalue weighted by atomic mass is 35.5. The SMILES string of the molecule is O=C(O)c1ccn(Cc2cccc(Cl)c2Cl)c1. The lowest BCUT2D eigenvalue weighted by atomic mass is 10.2. The monoisotopic (exact) mass is 269 g/mol. The fraction of sp³-hybridized carbons (Fsp3) is 0.0833. The van der Waals surface area contributed by atoms with Gasteiger partial charge in [0.15, 0.2) is 0 Å². The average Bonchev–Trinajstić information content (AvgIpc) is 2.73. The minimum atomic E-state index is -0.944. The molecule has 2 aromatic rings. The Kier molecular flexibility index (Phi) is 3.41. The van der Waals surface area contributed by atoms with Crippen LogP contribution >= 0.6 is 23.2 Å². The van der Waals surface area contributed by atoms with Crippen molar-refractivity contribution in [3.05, 3.63) is 57.8 Å². The van der Waals surface area contributed by atoms with Gasteiger partial charge in [-0.3, -0.25) is 0 Å². The summed E-state index contributed by atoms with van der Waals surface area (Å²) in [5.74, 6) is -0.944. The molecule has 17 heavy (non-hydrogen) atoms. The molecule has 0 saturated heterocycles. The van der Waals surface area contributed by atoms with Crippen LogP contribution in [-0.4, -0.2) is 15.6 Å². The van der Waals surface area contributed by atoms with Crippen LogP contribution in [0.2, 0.25) is 10.0 Å². The van der Waals surface area contributed by atoms with Gasteiger partial charge in [0.1, 0.15) is 0 Å². The average molecular weight is 270 g/mol. The predicted octanol–water partition coefficient (Wildman–Crippen LogP) is 3.54. The van der Waals surface area contributed by atoms with Gasteiger partial charge in [-0.25, -0.2) is 4.79 Å². The molecule has 0 atom stereocenters. The molecule has 0 saturated carbocycles. The van der Waals surface area contributed by atoms with Crippen molar-refractivity contribution in [2.45, 2.75) is 6.54 Å². The first-order chi connectivity index (χ1) is 8.08. The van der Waals surface area contributed by atoms with Crippen molar-refractivity contribution in [2.75, 3.05) is 0 Å². The van der Waals surface area contributed by atoms with E-state index in [1.54, 1.807) is 29.1 Å². The summed E-state index contributed by atoms with van der Waals surface area (Å²) in [7, 11) is 0. The lowest BCUT2D eigenvalue weighted by molar-refractivity contribution is 0.0697. The van der Waals surface area contributed by atoms with Crippen LogP contribution in [0.25, 0.3) is 0 Å². The van der Waals surface area contributed by atoms with E-state index in [4.69, 9.17) is 28.3 Å². The fourth-order valence-electron chi connectivity index (χ4n) is 1.53. The molecule has 0 fully saturated rings. The Hall–Kier alpha value is -1.45. The number of aromatic carboxylic acids is 1. The fourth-order valence-corrected chi connectivity index (χ4v) is 1.91. The van der Waals surface area contributed by atoms with Crippen LogP contribution < -0.4 is 0 Å². The molecular weight excluding hydrogens is 261 g/mol. The van der Waals surface area contributed by atoms with Crippen LogP contribution in [0.4, 0.5) is 0 Å². The standard InChI is InChI=1S/C12H9Cl2NO2/c13-10-3-1-2-8(11(10)14)6-15-5-4-9(7-15)12(16)17/h1-5,7H,6H2,(H,16,17). The van der Waals surface area contributed by atoms with E-state index in [-0.39, 0.29) is 5.56 Å². The Morgan fingerprint density at radius 3 is 2.71 bits per heavy atom. The number of benzene rings is 1. The number of hydrogen-bond donors (Lipinski definition) is 1. The molecule has 1 aromatic carbocycles. The summed E-state index contributed by atoms with van der Waals surface area (Å²) in [6, 6.07) is 6.92. The first-order valence-electron chi connectivity index (χ1n) is 4.90. The molecule has 0 amide bonds. The van der Waals surface area contributed by atoms with Gasteiger partial charge in [0.2, 0.25) is 0 Å². The molecule has 0 radical (unpaired) electrons. The first kappa shape index (κ1) is 12.0. The lowest BCUT2D eigenvalue weighted by Gasteiger charge is -2.06. The minimum absolute atomic E-state index is 0.253. The van der Waals surface area contributed by atoms with Crippen LogP contribution in [0.3, 0.4) is 0 Å². The number of carboxylic acid groups (broad SMARTS) is 1. The lowest BCUT2D eigenvalue weighted by Crippen LogP contribution is -1.98. The second kappa shape index (κ2) is 4.82. The summed E-state index contributed by atoms with van der Waals surface area (Å²) in [5, 5.41) is 9.80. The highest BCUT2D eigenvalue weighted by Crippen LogP contribution is 2.26. The quantitative estimate of drug-likeness (QED) is 0.926. The summed E-state index contributed by atoms with van der Waals surface area (Å²) >= 11 is 12.0. The Bertz CT molecular complexity index is 563. The molecule has 3 nitrogen and oxygen atoms in total. The van der Waals surface area contributed by atoms with E-state index in [1.165, 1.54) is 0 Å². The van der Waals surface area contributed by atoms with Crippen LogP contribution in [0.15, 0.2) is 36.7 Å². The maximum Gasteiger partial charge on any atom is 0.337 e. The highest BCUT2D eigenvalue weighted by Gasteiger charge is 2.07. The van der Waals surface area contributed by atoms with Crippen molar-refractivity contribution in [2.24, 2.45) is 0 Å². The molecular formula is C12H9Cl2NO2. The van der Waals surface area contributed by atoms with Gasteiger partial charge in [-0.1, -0.05) is 35.3 Å². The van der Waals surface area contributed by atoms with Gasteiger partial charge < -0.3 is 9.67 Å². The normalized spacial score (nSPS) is 10.5. The molecule has 1 aromatic heterocycles. The van der Waals surface area contributed by atoms with E-state index in [1.807, 2.05) is 12.1 Å². The number of rotatable bonds is 3.